The normalized spacial score (nSPS) is 11.9. The fourth-order valence-electron chi connectivity index (χ4n) is 2.01. The number of methoxy groups -OCH3 is 2. The Kier molecular flexibility index (Phi) is 5.74. The van der Waals surface area contributed by atoms with Crippen molar-refractivity contribution in [2.24, 2.45) is 0 Å². The van der Waals surface area contributed by atoms with Crippen LogP contribution in [0.25, 0.3) is 5.57 Å². The van der Waals surface area contributed by atoms with Gasteiger partial charge < -0.3 is 9.47 Å². The molecule has 0 fully saturated rings. The molecule has 0 radical (unpaired) electrons. The fraction of sp³-hybridized carbons (Fsp3) is 0.125. The van der Waals surface area contributed by atoms with E-state index >= 15 is 0 Å². The zero-order chi connectivity index (χ0) is 17.7. The number of carbonyl (C=O) groups excluding carboxylic acids is 1. The highest BCUT2D eigenvalue weighted by atomic mass is 79.9. The Morgan fingerprint density at radius 3 is 2.46 bits per heavy atom. The van der Waals surface area contributed by atoms with Gasteiger partial charge in [0.25, 0.3) is 0 Å². The van der Waals surface area contributed by atoms with Gasteiger partial charge in [-0.2, -0.15) is 0 Å². The summed E-state index contributed by atoms with van der Waals surface area (Å²) < 4.78 is 36.0. The largest absolute Gasteiger partial charge is 0.503 e. The van der Waals surface area contributed by atoms with Crippen LogP contribution in [0.15, 0.2) is 63.3 Å². The van der Waals surface area contributed by atoms with E-state index in [1.165, 1.54) is 38.6 Å². The van der Waals surface area contributed by atoms with E-state index in [4.69, 9.17) is 9.47 Å². The quantitative estimate of drug-likeness (QED) is 0.427. The van der Waals surface area contributed by atoms with Gasteiger partial charge in [0.15, 0.2) is 5.03 Å². The van der Waals surface area contributed by atoms with E-state index < -0.39 is 15.8 Å². The maximum absolute atomic E-state index is 12.9. The van der Waals surface area contributed by atoms with Gasteiger partial charge in [-0.15, -0.1) is 0 Å². The van der Waals surface area contributed by atoms with Gasteiger partial charge in [-0.25, -0.2) is 18.2 Å². The molecule has 1 heterocycles. The maximum atomic E-state index is 12.9. The summed E-state index contributed by atoms with van der Waals surface area (Å²) in [6.45, 7) is 0. The van der Waals surface area contributed by atoms with Crippen molar-refractivity contribution < 1.29 is 22.7 Å². The molecule has 0 saturated heterocycles. The standard InChI is InChI=1S/C16H14BrNO5S/c1-22-10-13(16(19)23-2)12-5-3-4-6-14(12)24(20,21)15-8-7-11(17)9-18-15/h3-10H,1-2H3. The summed E-state index contributed by atoms with van der Waals surface area (Å²) in [5.41, 5.74) is 0.173. The predicted molar refractivity (Wildman–Crippen MR) is 90.8 cm³/mol. The molecule has 24 heavy (non-hydrogen) atoms. The highest BCUT2D eigenvalue weighted by Crippen LogP contribution is 2.29. The van der Waals surface area contributed by atoms with Crippen LogP contribution in [0.4, 0.5) is 0 Å². The third-order valence-corrected chi connectivity index (χ3v) is 5.28. The Bertz CT molecular complexity index is 876. The number of ether oxygens (including phenoxy) is 2. The third-order valence-electron chi connectivity index (χ3n) is 3.08. The minimum atomic E-state index is -3.93. The Hall–Kier alpha value is -2.19. The Morgan fingerprint density at radius 1 is 1.17 bits per heavy atom. The zero-order valence-corrected chi connectivity index (χ0v) is 15.3. The van der Waals surface area contributed by atoms with E-state index in [9.17, 15) is 13.2 Å². The van der Waals surface area contributed by atoms with Gasteiger partial charge in [-0.3, -0.25) is 0 Å². The summed E-state index contributed by atoms with van der Waals surface area (Å²) in [4.78, 5) is 15.9. The number of esters is 1. The van der Waals surface area contributed by atoms with Crippen LogP contribution in [0.1, 0.15) is 5.56 Å². The monoisotopic (exact) mass is 411 g/mol. The molecule has 8 heteroatoms. The number of halogens is 1. The highest BCUT2D eigenvalue weighted by Gasteiger charge is 2.26. The number of sulfone groups is 1. The zero-order valence-electron chi connectivity index (χ0n) is 12.9. The minimum Gasteiger partial charge on any atom is -0.503 e. The molecule has 2 aromatic rings. The number of nitrogens with zero attached hydrogens (tertiary/aromatic N) is 1. The number of benzene rings is 1. The molecule has 1 aromatic carbocycles. The van der Waals surface area contributed by atoms with Crippen molar-refractivity contribution in [1.82, 2.24) is 4.98 Å². The van der Waals surface area contributed by atoms with Crippen LogP contribution in [-0.2, 0) is 24.1 Å². The van der Waals surface area contributed by atoms with Crippen molar-refractivity contribution in [3.63, 3.8) is 0 Å². The summed E-state index contributed by atoms with van der Waals surface area (Å²) in [5.74, 6) is -0.705. The SMILES string of the molecule is COC=C(C(=O)OC)c1ccccc1S(=O)(=O)c1ccc(Br)cn1. The van der Waals surface area contributed by atoms with Gasteiger partial charge in [0.05, 0.1) is 25.4 Å². The molecule has 0 spiro atoms. The first-order chi connectivity index (χ1) is 11.4. The molecule has 0 bridgehead atoms. The molecule has 0 aliphatic heterocycles. The van der Waals surface area contributed by atoms with Crippen LogP contribution in [0, 0.1) is 0 Å². The second-order valence-corrected chi connectivity index (χ2v) is 7.35. The second kappa shape index (κ2) is 7.59. The number of aromatic nitrogens is 1. The van der Waals surface area contributed by atoms with Crippen molar-refractivity contribution in [3.8, 4) is 0 Å². The lowest BCUT2D eigenvalue weighted by Crippen LogP contribution is -2.11. The number of hydrogen-bond donors (Lipinski definition) is 0. The van der Waals surface area contributed by atoms with E-state index in [1.54, 1.807) is 18.2 Å². The van der Waals surface area contributed by atoms with Gasteiger partial charge >= 0.3 is 5.97 Å². The molecule has 0 unspecified atom stereocenters. The maximum Gasteiger partial charge on any atom is 0.341 e. The molecule has 1 aromatic heterocycles. The summed E-state index contributed by atoms with van der Waals surface area (Å²) in [5, 5.41) is -0.125. The van der Waals surface area contributed by atoms with E-state index in [1.807, 2.05) is 0 Å². The van der Waals surface area contributed by atoms with Crippen molar-refractivity contribution in [1.29, 1.82) is 0 Å². The molecule has 126 valence electrons. The van der Waals surface area contributed by atoms with Gasteiger partial charge in [0, 0.05) is 16.2 Å². The molecule has 0 saturated carbocycles. The molecule has 0 aliphatic rings. The summed E-state index contributed by atoms with van der Waals surface area (Å²) in [6.07, 6.45) is 2.54. The van der Waals surface area contributed by atoms with Crippen LogP contribution < -0.4 is 0 Å². The first-order valence-corrected chi connectivity index (χ1v) is 8.96. The lowest BCUT2D eigenvalue weighted by molar-refractivity contribution is -0.133. The predicted octanol–water partition coefficient (Wildman–Crippen LogP) is 2.84. The number of pyridine rings is 1. The van der Waals surface area contributed by atoms with Crippen LogP contribution in [-0.4, -0.2) is 33.6 Å². The molecule has 0 N–H and O–H groups in total. The molecular weight excluding hydrogens is 398 g/mol. The molecule has 2 rings (SSSR count). The van der Waals surface area contributed by atoms with E-state index in [2.05, 4.69) is 20.9 Å². The van der Waals surface area contributed by atoms with Crippen LogP contribution in [0.3, 0.4) is 0 Å². The van der Waals surface area contributed by atoms with Crippen LogP contribution in [0.5, 0.6) is 0 Å². The van der Waals surface area contributed by atoms with Crippen molar-refractivity contribution in [2.75, 3.05) is 14.2 Å². The van der Waals surface area contributed by atoms with Gasteiger partial charge in [0.1, 0.15) is 5.57 Å². The lowest BCUT2D eigenvalue weighted by atomic mass is 10.1. The average molecular weight is 412 g/mol. The topological polar surface area (TPSA) is 82.6 Å². The van der Waals surface area contributed by atoms with Crippen molar-refractivity contribution in [2.45, 2.75) is 9.92 Å². The lowest BCUT2D eigenvalue weighted by Gasteiger charge is -2.12. The molecular formula is C16H14BrNO5S. The Balaban J connectivity index is 2.66. The summed E-state index contributed by atoms with van der Waals surface area (Å²) in [7, 11) is -1.36. The van der Waals surface area contributed by atoms with Gasteiger partial charge in [-0.05, 0) is 34.1 Å². The average Bonchev–Trinajstić information content (AvgIpc) is 2.59. The summed E-state index contributed by atoms with van der Waals surface area (Å²) >= 11 is 3.21. The van der Waals surface area contributed by atoms with Crippen LogP contribution in [0.2, 0.25) is 0 Å². The number of rotatable bonds is 5. The van der Waals surface area contributed by atoms with Crippen molar-refractivity contribution >= 4 is 37.3 Å². The summed E-state index contributed by atoms with van der Waals surface area (Å²) in [6, 6.07) is 9.06. The molecule has 6 nitrogen and oxygen atoms in total. The van der Waals surface area contributed by atoms with Crippen LogP contribution >= 0.6 is 15.9 Å². The van der Waals surface area contributed by atoms with E-state index in [-0.39, 0.29) is 21.1 Å². The molecule has 0 amide bonds. The van der Waals surface area contributed by atoms with E-state index in [0.29, 0.717) is 4.47 Å². The Labute approximate surface area is 148 Å². The van der Waals surface area contributed by atoms with E-state index in [0.717, 1.165) is 6.26 Å². The first kappa shape index (κ1) is 18.2. The minimum absolute atomic E-state index is 0.00344. The smallest absolute Gasteiger partial charge is 0.341 e. The van der Waals surface area contributed by atoms with Gasteiger partial charge in [-0.1, -0.05) is 18.2 Å². The first-order valence-electron chi connectivity index (χ1n) is 6.69. The fourth-order valence-corrected chi connectivity index (χ4v) is 3.63. The number of carbonyl (C=O) groups is 1. The van der Waals surface area contributed by atoms with Crippen molar-refractivity contribution in [3.05, 3.63) is 58.9 Å². The highest BCUT2D eigenvalue weighted by molar-refractivity contribution is 9.10. The molecule has 0 atom stereocenters. The second-order valence-electron chi connectivity index (χ2n) is 4.57. The van der Waals surface area contributed by atoms with Gasteiger partial charge in [0.2, 0.25) is 9.84 Å². The molecule has 0 aliphatic carbocycles. The Morgan fingerprint density at radius 2 is 1.88 bits per heavy atom. The number of hydrogen-bond acceptors (Lipinski definition) is 6. The third kappa shape index (κ3) is 3.65.